The molecule has 0 amide bonds. The van der Waals surface area contributed by atoms with Gasteiger partial charge in [0.1, 0.15) is 0 Å². The molecule has 0 aromatic heterocycles. The molecule has 0 heterocycles. The lowest BCUT2D eigenvalue weighted by Crippen LogP contribution is -1.99. The summed E-state index contributed by atoms with van der Waals surface area (Å²) >= 11 is 0. The van der Waals surface area contributed by atoms with Gasteiger partial charge in [-0.05, 0) is 30.7 Å². The summed E-state index contributed by atoms with van der Waals surface area (Å²) < 4.78 is 32.7. The van der Waals surface area contributed by atoms with E-state index in [9.17, 15) is 18.9 Å². The van der Waals surface area contributed by atoms with Crippen molar-refractivity contribution in [2.75, 3.05) is 0 Å². The fraction of sp³-hybridized carbons (Fsp3) is 0.143. The second-order valence-corrected chi connectivity index (χ2v) is 4.40. The molecule has 0 bridgehead atoms. The fourth-order valence-electron chi connectivity index (χ4n) is 1.79. The number of nitro groups is 1. The summed E-state index contributed by atoms with van der Waals surface area (Å²) in [5.41, 5.74) is 5.80. The first-order chi connectivity index (χ1) is 9.92. The molecule has 110 valence electrons. The second-order valence-electron chi connectivity index (χ2n) is 4.40. The fourth-order valence-corrected chi connectivity index (χ4v) is 1.79. The number of aryl methyl sites for hydroxylation is 1. The van der Waals surface area contributed by atoms with E-state index in [-0.39, 0.29) is 29.3 Å². The van der Waals surface area contributed by atoms with E-state index < -0.39 is 16.6 Å². The predicted molar refractivity (Wildman–Crippen MR) is 72.2 cm³/mol. The van der Waals surface area contributed by atoms with Crippen molar-refractivity contribution in [3.63, 3.8) is 0 Å². The van der Waals surface area contributed by atoms with Crippen LogP contribution in [0.3, 0.4) is 0 Å². The van der Waals surface area contributed by atoms with Gasteiger partial charge in [0.25, 0.3) is 5.69 Å². The molecule has 2 aromatic carbocycles. The van der Waals surface area contributed by atoms with Crippen LogP contribution in [0, 0.1) is 28.7 Å². The zero-order valence-corrected chi connectivity index (χ0v) is 11.1. The van der Waals surface area contributed by atoms with Gasteiger partial charge in [-0.1, -0.05) is 6.07 Å². The Bertz CT molecular complexity index is 705. The molecule has 21 heavy (non-hydrogen) atoms. The Morgan fingerprint density at radius 3 is 2.43 bits per heavy atom. The van der Waals surface area contributed by atoms with E-state index in [0.29, 0.717) is 5.56 Å². The minimum absolute atomic E-state index is 0.169. The Labute approximate surface area is 119 Å². The standard InChI is InChI=1S/C14H12F2N2O3/c1-8-4-14(11(16)6-12(8)18(19)20)21-13-3-2-9(7-17)5-10(13)15/h2-6H,7,17H2,1H3. The maximum atomic E-state index is 13.8. The number of hydrogen-bond donors (Lipinski definition) is 1. The number of rotatable bonds is 4. The monoisotopic (exact) mass is 294 g/mol. The first-order valence-corrected chi connectivity index (χ1v) is 6.03. The maximum absolute atomic E-state index is 13.8. The number of halogens is 2. The number of hydrogen-bond acceptors (Lipinski definition) is 4. The maximum Gasteiger partial charge on any atom is 0.275 e. The van der Waals surface area contributed by atoms with Crippen LogP contribution >= 0.6 is 0 Å². The highest BCUT2D eigenvalue weighted by Gasteiger charge is 2.17. The van der Waals surface area contributed by atoms with Crippen LogP contribution in [0.2, 0.25) is 0 Å². The molecule has 0 radical (unpaired) electrons. The van der Waals surface area contributed by atoms with Gasteiger partial charge < -0.3 is 10.5 Å². The van der Waals surface area contributed by atoms with Crippen molar-refractivity contribution < 1.29 is 18.4 Å². The van der Waals surface area contributed by atoms with E-state index in [1.54, 1.807) is 6.07 Å². The Hall–Kier alpha value is -2.54. The Morgan fingerprint density at radius 2 is 1.86 bits per heavy atom. The highest BCUT2D eigenvalue weighted by Crippen LogP contribution is 2.31. The average molecular weight is 294 g/mol. The van der Waals surface area contributed by atoms with E-state index in [2.05, 4.69) is 0 Å². The van der Waals surface area contributed by atoms with E-state index in [4.69, 9.17) is 10.5 Å². The summed E-state index contributed by atoms with van der Waals surface area (Å²) in [6.07, 6.45) is 0. The summed E-state index contributed by atoms with van der Waals surface area (Å²) in [6.45, 7) is 1.61. The topological polar surface area (TPSA) is 78.4 Å². The molecule has 0 aliphatic heterocycles. The number of nitrogens with zero attached hydrogens (tertiary/aromatic N) is 1. The molecule has 0 spiro atoms. The first-order valence-electron chi connectivity index (χ1n) is 6.03. The van der Waals surface area contributed by atoms with Crippen LogP contribution in [0.1, 0.15) is 11.1 Å². The van der Waals surface area contributed by atoms with E-state index in [1.165, 1.54) is 19.1 Å². The molecule has 2 N–H and O–H groups in total. The third kappa shape index (κ3) is 3.14. The molecule has 0 unspecified atom stereocenters. The van der Waals surface area contributed by atoms with Crippen molar-refractivity contribution in [2.45, 2.75) is 13.5 Å². The van der Waals surface area contributed by atoms with Gasteiger partial charge in [-0.15, -0.1) is 0 Å². The molecule has 0 aliphatic rings. The minimum atomic E-state index is -0.936. The summed E-state index contributed by atoms with van der Waals surface area (Å²) in [7, 11) is 0. The van der Waals surface area contributed by atoms with Crippen molar-refractivity contribution in [3.05, 3.63) is 63.2 Å². The van der Waals surface area contributed by atoms with Crippen molar-refractivity contribution in [3.8, 4) is 11.5 Å². The first kappa shape index (κ1) is 14.9. The van der Waals surface area contributed by atoms with Crippen LogP contribution in [-0.2, 0) is 6.54 Å². The molecule has 0 aliphatic carbocycles. The Balaban J connectivity index is 2.36. The van der Waals surface area contributed by atoms with Crippen molar-refractivity contribution >= 4 is 5.69 Å². The number of nitrogens with two attached hydrogens (primary N) is 1. The van der Waals surface area contributed by atoms with Crippen molar-refractivity contribution in [1.29, 1.82) is 0 Å². The van der Waals surface area contributed by atoms with Crippen LogP contribution in [0.15, 0.2) is 30.3 Å². The summed E-state index contributed by atoms with van der Waals surface area (Å²) in [4.78, 5) is 10.00. The molecule has 0 saturated carbocycles. The highest BCUT2D eigenvalue weighted by molar-refractivity contribution is 5.47. The van der Waals surface area contributed by atoms with Gasteiger partial charge in [0.2, 0.25) is 0 Å². The van der Waals surface area contributed by atoms with Crippen LogP contribution in [0.4, 0.5) is 14.5 Å². The zero-order valence-electron chi connectivity index (χ0n) is 11.1. The van der Waals surface area contributed by atoms with Crippen LogP contribution in [-0.4, -0.2) is 4.92 Å². The van der Waals surface area contributed by atoms with Crippen molar-refractivity contribution in [2.24, 2.45) is 5.73 Å². The molecule has 0 saturated heterocycles. The predicted octanol–water partition coefficient (Wildman–Crippen LogP) is 3.43. The summed E-state index contributed by atoms with van der Waals surface area (Å²) in [5.74, 6) is -2.08. The van der Waals surface area contributed by atoms with Crippen LogP contribution < -0.4 is 10.5 Å². The second kappa shape index (κ2) is 5.84. The third-order valence-electron chi connectivity index (χ3n) is 2.90. The van der Waals surface area contributed by atoms with E-state index in [1.807, 2.05) is 0 Å². The largest absolute Gasteiger partial charge is 0.451 e. The number of benzene rings is 2. The summed E-state index contributed by atoms with van der Waals surface area (Å²) in [6, 6.07) is 5.97. The highest BCUT2D eigenvalue weighted by atomic mass is 19.1. The van der Waals surface area contributed by atoms with Gasteiger partial charge in [-0.3, -0.25) is 10.1 Å². The van der Waals surface area contributed by atoms with Gasteiger partial charge in [0, 0.05) is 12.1 Å². The smallest absolute Gasteiger partial charge is 0.275 e. The number of ether oxygens (including phenoxy) is 1. The molecule has 0 atom stereocenters. The van der Waals surface area contributed by atoms with Crippen molar-refractivity contribution in [1.82, 2.24) is 0 Å². The molecule has 0 fully saturated rings. The normalized spacial score (nSPS) is 10.5. The van der Waals surface area contributed by atoms with Crippen LogP contribution in [0.25, 0.3) is 0 Å². The summed E-state index contributed by atoms with van der Waals surface area (Å²) in [5, 5.41) is 10.7. The third-order valence-corrected chi connectivity index (χ3v) is 2.90. The Morgan fingerprint density at radius 1 is 1.19 bits per heavy atom. The van der Waals surface area contributed by atoms with Crippen LogP contribution in [0.5, 0.6) is 11.5 Å². The molecule has 7 heteroatoms. The van der Waals surface area contributed by atoms with E-state index in [0.717, 1.165) is 12.1 Å². The lowest BCUT2D eigenvalue weighted by Gasteiger charge is -2.09. The molecule has 5 nitrogen and oxygen atoms in total. The molecule has 2 rings (SSSR count). The Kier molecular flexibility index (Phi) is 4.13. The average Bonchev–Trinajstić information content (AvgIpc) is 2.44. The minimum Gasteiger partial charge on any atom is -0.451 e. The molecular weight excluding hydrogens is 282 g/mol. The lowest BCUT2D eigenvalue weighted by molar-refractivity contribution is -0.385. The van der Waals surface area contributed by atoms with Gasteiger partial charge in [-0.25, -0.2) is 8.78 Å². The van der Waals surface area contributed by atoms with Gasteiger partial charge in [0.05, 0.1) is 11.0 Å². The molecular formula is C14H12F2N2O3. The van der Waals surface area contributed by atoms with Gasteiger partial charge in [0.15, 0.2) is 23.1 Å². The number of nitro benzene ring substituents is 1. The quantitative estimate of drug-likeness (QED) is 0.692. The van der Waals surface area contributed by atoms with Gasteiger partial charge >= 0.3 is 0 Å². The lowest BCUT2D eigenvalue weighted by atomic mass is 10.2. The van der Waals surface area contributed by atoms with Gasteiger partial charge in [-0.2, -0.15) is 0 Å². The zero-order chi connectivity index (χ0) is 15.6. The SMILES string of the molecule is Cc1cc(Oc2ccc(CN)cc2F)c(F)cc1[N+](=O)[O-]. The molecule has 2 aromatic rings. The van der Waals surface area contributed by atoms with E-state index >= 15 is 0 Å².